The molecule has 4 aromatic rings. The smallest absolute Gasteiger partial charge is 0.226 e. The van der Waals surface area contributed by atoms with Crippen LogP contribution in [0.2, 0.25) is 0 Å². The predicted molar refractivity (Wildman–Crippen MR) is 122 cm³/mol. The molecule has 0 aliphatic carbocycles. The van der Waals surface area contributed by atoms with Gasteiger partial charge in [0.1, 0.15) is 29.6 Å². The molecule has 0 unspecified atom stereocenters. The molecule has 0 saturated heterocycles. The van der Waals surface area contributed by atoms with Crippen molar-refractivity contribution in [3.8, 4) is 17.2 Å². The van der Waals surface area contributed by atoms with Crippen LogP contribution in [0, 0.1) is 0 Å². The van der Waals surface area contributed by atoms with E-state index in [1.807, 2.05) is 47.1 Å². The minimum atomic E-state index is -0.297. The van der Waals surface area contributed by atoms with E-state index < -0.39 is 0 Å². The van der Waals surface area contributed by atoms with Crippen molar-refractivity contribution >= 4 is 23.0 Å². The first kappa shape index (κ1) is 18.9. The average molecular weight is 445 g/mol. The van der Waals surface area contributed by atoms with Gasteiger partial charge < -0.3 is 19.5 Å². The number of anilines is 1. The summed E-state index contributed by atoms with van der Waals surface area (Å²) in [7, 11) is 3.33. The van der Waals surface area contributed by atoms with Crippen molar-refractivity contribution in [2.24, 2.45) is 0 Å². The molecule has 7 nitrogen and oxygen atoms in total. The van der Waals surface area contributed by atoms with Crippen molar-refractivity contribution in [1.82, 2.24) is 14.8 Å². The summed E-state index contributed by atoms with van der Waals surface area (Å²) >= 11 is 1.67. The van der Waals surface area contributed by atoms with Crippen molar-refractivity contribution in [2.75, 3.05) is 19.5 Å². The molecular formula is C24H20N4O3S. The Balaban J connectivity index is 1.66. The molecule has 2 aromatic carbocycles. The van der Waals surface area contributed by atoms with Crippen LogP contribution in [-0.4, -0.2) is 29.0 Å². The van der Waals surface area contributed by atoms with E-state index in [0.29, 0.717) is 5.95 Å². The second-order valence-electron chi connectivity index (χ2n) is 7.50. The molecule has 0 spiro atoms. The van der Waals surface area contributed by atoms with Gasteiger partial charge in [0.2, 0.25) is 5.95 Å². The van der Waals surface area contributed by atoms with Crippen LogP contribution in [0.5, 0.6) is 17.2 Å². The third-order valence-corrected chi connectivity index (χ3v) is 6.77. The van der Waals surface area contributed by atoms with Gasteiger partial charge in [0.05, 0.1) is 19.9 Å². The van der Waals surface area contributed by atoms with Gasteiger partial charge in [0, 0.05) is 21.6 Å². The first-order chi connectivity index (χ1) is 15.8. The summed E-state index contributed by atoms with van der Waals surface area (Å²) in [4.78, 5) is 5.59. The van der Waals surface area contributed by atoms with Crippen LogP contribution in [0.3, 0.4) is 0 Å². The zero-order valence-electron chi connectivity index (χ0n) is 17.5. The van der Waals surface area contributed by atoms with E-state index in [2.05, 4.69) is 32.9 Å². The second kappa shape index (κ2) is 7.42. The Labute approximate surface area is 188 Å². The average Bonchev–Trinajstić information content (AvgIpc) is 3.54. The van der Waals surface area contributed by atoms with Gasteiger partial charge in [-0.1, -0.05) is 18.2 Å². The number of nitrogens with one attached hydrogen (secondary N) is 1. The molecule has 2 aliphatic heterocycles. The largest absolute Gasteiger partial charge is 0.497 e. The Kier molecular flexibility index (Phi) is 4.39. The van der Waals surface area contributed by atoms with Crippen LogP contribution in [0.15, 0.2) is 71.9 Å². The molecule has 0 amide bonds. The third-order valence-electron chi connectivity index (χ3n) is 5.85. The SMILES string of the molecule is COc1ccc(OC)c([C@@H]2C3=C(Nc4ncnn42)c2ccccc2O[C@@H]3c2cccs2)c1. The highest BCUT2D eigenvalue weighted by molar-refractivity contribution is 7.10. The maximum Gasteiger partial charge on any atom is 0.226 e. The lowest BCUT2D eigenvalue weighted by Crippen LogP contribution is -2.32. The van der Waals surface area contributed by atoms with Gasteiger partial charge in [-0.05, 0) is 41.8 Å². The standard InChI is InChI=1S/C24H20N4O3S/c1-29-14-9-10-17(30-2)16(12-14)22-20-21(27-24-25-13-26-28(22)24)15-6-3-4-7-18(15)31-23(20)19-8-5-11-32-19/h3-13,22-23H,1-2H3,(H,25,26,27)/t22-,23-/m1/s1. The van der Waals surface area contributed by atoms with Gasteiger partial charge in [-0.15, -0.1) is 11.3 Å². The lowest BCUT2D eigenvalue weighted by Gasteiger charge is -2.38. The van der Waals surface area contributed by atoms with Crippen LogP contribution in [0.1, 0.15) is 28.1 Å². The van der Waals surface area contributed by atoms with E-state index in [1.54, 1.807) is 31.9 Å². The summed E-state index contributed by atoms with van der Waals surface area (Å²) < 4.78 is 19.8. The molecule has 4 heterocycles. The van der Waals surface area contributed by atoms with Crippen LogP contribution in [0.25, 0.3) is 5.70 Å². The Morgan fingerprint density at radius 2 is 1.97 bits per heavy atom. The topological polar surface area (TPSA) is 70.4 Å². The molecule has 2 atom stereocenters. The number of benzene rings is 2. The number of hydrogen-bond acceptors (Lipinski definition) is 7. The molecule has 0 radical (unpaired) electrons. The Hall–Kier alpha value is -3.78. The van der Waals surface area contributed by atoms with Crippen LogP contribution >= 0.6 is 11.3 Å². The molecule has 0 fully saturated rings. The van der Waals surface area contributed by atoms with E-state index in [-0.39, 0.29) is 12.1 Å². The summed E-state index contributed by atoms with van der Waals surface area (Å²) in [5, 5.41) is 10.2. The Bertz CT molecular complexity index is 1330. The molecule has 6 rings (SSSR count). The first-order valence-electron chi connectivity index (χ1n) is 10.2. The van der Waals surface area contributed by atoms with Crippen molar-refractivity contribution in [3.63, 3.8) is 0 Å². The minimum Gasteiger partial charge on any atom is -0.497 e. The molecule has 1 N–H and O–H groups in total. The number of methoxy groups -OCH3 is 2. The Morgan fingerprint density at radius 3 is 2.78 bits per heavy atom. The van der Waals surface area contributed by atoms with Crippen molar-refractivity contribution < 1.29 is 14.2 Å². The number of ether oxygens (including phenoxy) is 3. The molecule has 8 heteroatoms. The highest BCUT2D eigenvalue weighted by atomic mass is 32.1. The number of thiophene rings is 1. The maximum atomic E-state index is 6.60. The van der Waals surface area contributed by atoms with Crippen molar-refractivity contribution in [2.45, 2.75) is 12.1 Å². The highest BCUT2D eigenvalue weighted by Gasteiger charge is 2.42. The summed E-state index contributed by atoms with van der Waals surface area (Å²) in [5.74, 6) is 2.99. The van der Waals surface area contributed by atoms with Crippen LogP contribution in [0.4, 0.5) is 5.95 Å². The van der Waals surface area contributed by atoms with Crippen molar-refractivity contribution in [3.05, 3.63) is 87.9 Å². The zero-order chi connectivity index (χ0) is 21.7. The van der Waals surface area contributed by atoms with Gasteiger partial charge in [-0.25, -0.2) is 4.68 Å². The van der Waals surface area contributed by atoms with Crippen molar-refractivity contribution in [1.29, 1.82) is 0 Å². The van der Waals surface area contributed by atoms with Gasteiger partial charge in [-0.2, -0.15) is 10.1 Å². The second-order valence-corrected chi connectivity index (χ2v) is 8.48. The third kappa shape index (κ3) is 2.80. The quantitative estimate of drug-likeness (QED) is 0.482. The van der Waals surface area contributed by atoms with Crippen LogP contribution < -0.4 is 19.5 Å². The summed E-state index contributed by atoms with van der Waals surface area (Å²) in [6.07, 6.45) is 1.28. The number of hydrogen-bond donors (Lipinski definition) is 1. The van der Waals surface area contributed by atoms with Gasteiger partial charge in [0.25, 0.3) is 0 Å². The Morgan fingerprint density at radius 1 is 1.06 bits per heavy atom. The van der Waals surface area contributed by atoms with E-state index in [0.717, 1.165) is 44.5 Å². The molecule has 2 aromatic heterocycles. The van der Waals surface area contributed by atoms with Gasteiger partial charge in [-0.3, -0.25) is 0 Å². The normalized spacial score (nSPS) is 18.7. The van der Waals surface area contributed by atoms with E-state index in [4.69, 9.17) is 14.2 Å². The fraction of sp³-hybridized carbons (Fsp3) is 0.167. The fourth-order valence-electron chi connectivity index (χ4n) is 4.45. The number of aromatic nitrogens is 3. The fourth-order valence-corrected chi connectivity index (χ4v) is 5.22. The van der Waals surface area contributed by atoms with Crippen LogP contribution in [-0.2, 0) is 0 Å². The highest BCUT2D eigenvalue weighted by Crippen LogP contribution is 2.52. The number of fused-ring (bicyclic) bond motifs is 3. The number of rotatable bonds is 4. The lowest BCUT2D eigenvalue weighted by molar-refractivity contribution is 0.226. The molecule has 0 bridgehead atoms. The summed E-state index contributed by atoms with van der Waals surface area (Å²) in [5.41, 5.74) is 3.96. The molecule has 160 valence electrons. The number of para-hydroxylation sites is 1. The minimum absolute atomic E-state index is 0.286. The van der Waals surface area contributed by atoms with E-state index in [1.165, 1.54) is 0 Å². The molecular weight excluding hydrogens is 424 g/mol. The molecule has 32 heavy (non-hydrogen) atoms. The number of nitrogens with zero attached hydrogens (tertiary/aromatic N) is 3. The van der Waals surface area contributed by atoms with E-state index in [9.17, 15) is 0 Å². The van der Waals surface area contributed by atoms with Gasteiger partial charge in [0.15, 0.2) is 6.10 Å². The zero-order valence-corrected chi connectivity index (χ0v) is 18.3. The predicted octanol–water partition coefficient (Wildman–Crippen LogP) is 4.92. The summed E-state index contributed by atoms with van der Waals surface area (Å²) in [6, 6.07) is 17.7. The summed E-state index contributed by atoms with van der Waals surface area (Å²) in [6.45, 7) is 0. The van der Waals surface area contributed by atoms with E-state index >= 15 is 0 Å². The molecule has 2 aliphatic rings. The lowest BCUT2D eigenvalue weighted by atomic mass is 9.86. The molecule has 0 saturated carbocycles. The first-order valence-corrected chi connectivity index (χ1v) is 11.1. The maximum absolute atomic E-state index is 6.60. The van der Waals surface area contributed by atoms with Gasteiger partial charge >= 0.3 is 0 Å². The monoisotopic (exact) mass is 444 g/mol.